The van der Waals surface area contributed by atoms with Gasteiger partial charge in [-0.15, -0.1) is 0 Å². The van der Waals surface area contributed by atoms with Crippen LogP contribution in [0.1, 0.15) is 20.7 Å². The Labute approximate surface area is 146 Å². The Morgan fingerprint density at radius 1 is 1.04 bits per heavy atom. The van der Waals surface area contributed by atoms with E-state index in [1.54, 1.807) is 54.5 Å². The molecule has 0 aliphatic carbocycles. The number of nitrogens with zero attached hydrogens (tertiary/aromatic N) is 1. The SMILES string of the molecule is COc1cccc(NC(=O)c2ccc(C(=O)N3CCOCC3)cc2)c1. The third kappa shape index (κ3) is 4.16. The van der Waals surface area contributed by atoms with Gasteiger partial charge in [-0.2, -0.15) is 0 Å². The predicted molar refractivity (Wildman–Crippen MR) is 94.1 cm³/mol. The number of amides is 2. The van der Waals surface area contributed by atoms with Crippen molar-refractivity contribution in [3.05, 3.63) is 59.7 Å². The number of carbonyl (C=O) groups is 2. The summed E-state index contributed by atoms with van der Waals surface area (Å²) in [5, 5.41) is 2.81. The Morgan fingerprint density at radius 3 is 2.40 bits per heavy atom. The number of benzene rings is 2. The minimum Gasteiger partial charge on any atom is -0.497 e. The first-order valence-corrected chi connectivity index (χ1v) is 8.10. The van der Waals surface area contributed by atoms with Crippen LogP contribution in [0.4, 0.5) is 5.69 Å². The lowest BCUT2D eigenvalue weighted by atomic mass is 10.1. The normalized spacial score (nSPS) is 14.0. The third-order valence-corrected chi connectivity index (χ3v) is 4.02. The van der Waals surface area contributed by atoms with Crippen LogP contribution in [-0.4, -0.2) is 50.1 Å². The van der Waals surface area contributed by atoms with Crippen molar-refractivity contribution in [1.29, 1.82) is 0 Å². The highest BCUT2D eigenvalue weighted by atomic mass is 16.5. The molecule has 0 bridgehead atoms. The average molecular weight is 340 g/mol. The maximum absolute atomic E-state index is 12.4. The summed E-state index contributed by atoms with van der Waals surface area (Å²) >= 11 is 0. The quantitative estimate of drug-likeness (QED) is 0.928. The number of anilines is 1. The summed E-state index contributed by atoms with van der Waals surface area (Å²) in [6.45, 7) is 2.31. The maximum atomic E-state index is 12.4. The predicted octanol–water partition coefficient (Wildman–Crippen LogP) is 2.42. The largest absolute Gasteiger partial charge is 0.497 e. The number of hydrogen-bond acceptors (Lipinski definition) is 4. The summed E-state index contributed by atoms with van der Waals surface area (Å²) in [5.41, 5.74) is 1.71. The minimum atomic E-state index is -0.237. The van der Waals surface area contributed by atoms with E-state index in [1.807, 2.05) is 6.07 Å². The van der Waals surface area contributed by atoms with Crippen LogP contribution in [0.5, 0.6) is 5.75 Å². The van der Waals surface area contributed by atoms with Gasteiger partial charge in [-0.05, 0) is 36.4 Å². The van der Waals surface area contributed by atoms with Crippen LogP contribution in [0.25, 0.3) is 0 Å². The van der Waals surface area contributed by atoms with Crippen LogP contribution in [0.2, 0.25) is 0 Å². The molecule has 2 aromatic carbocycles. The zero-order valence-corrected chi connectivity index (χ0v) is 14.0. The third-order valence-electron chi connectivity index (χ3n) is 4.02. The van der Waals surface area contributed by atoms with Crippen molar-refractivity contribution in [3.63, 3.8) is 0 Å². The number of methoxy groups -OCH3 is 1. The molecule has 0 atom stereocenters. The molecule has 1 aliphatic heterocycles. The lowest BCUT2D eigenvalue weighted by Gasteiger charge is -2.26. The van der Waals surface area contributed by atoms with Gasteiger partial charge in [0.1, 0.15) is 5.75 Å². The second-order valence-electron chi connectivity index (χ2n) is 5.67. The molecule has 2 aromatic rings. The van der Waals surface area contributed by atoms with Gasteiger partial charge in [-0.25, -0.2) is 0 Å². The van der Waals surface area contributed by atoms with Gasteiger partial charge in [0.15, 0.2) is 0 Å². The molecule has 0 radical (unpaired) electrons. The van der Waals surface area contributed by atoms with Gasteiger partial charge in [0.25, 0.3) is 11.8 Å². The standard InChI is InChI=1S/C19H20N2O4/c1-24-17-4-2-3-16(13-17)20-18(22)14-5-7-15(8-6-14)19(23)21-9-11-25-12-10-21/h2-8,13H,9-12H2,1H3,(H,20,22). The molecule has 0 spiro atoms. The number of nitrogens with one attached hydrogen (secondary N) is 1. The lowest BCUT2D eigenvalue weighted by Crippen LogP contribution is -2.40. The minimum absolute atomic E-state index is 0.0388. The van der Waals surface area contributed by atoms with Gasteiger partial charge < -0.3 is 19.7 Å². The summed E-state index contributed by atoms with van der Waals surface area (Å²) in [6, 6.07) is 13.8. The zero-order valence-electron chi connectivity index (χ0n) is 14.0. The monoisotopic (exact) mass is 340 g/mol. The number of hydrogen-bond donors (Lipinski definition) is 1. The van der Waals surface area contributed by atoms with E-state index in [1.165, 1.54) is 0 Å². The van der Waals surface area contributed by atoms with Crippen LogP contribution in [0.3, 0.4) is 0 Å². The summed E-state index contributed by atoms with van der Waals surface area (Å²) in [4.78, 5) is 26.5. The van der Waals surface area contributed by atoms with Gasteiger partial charge in [0.05, 0.1) is 20.3 Å². The second kappa shape index (κ2) is 7.81. The number of carbonyl (C=O) groups excluding carboxylic acids is 2. The first-order valence-electron chi connectivity index (χ1n) is 8.10. The van der Waals surface area contributed by atoms with E-state index in [9.17, 15) is 9.59 Å². The van der Waals surface area contributed by atoms with Crippen molar-refractivity contribution in [2.45, 2.75) is 0 Å². The molecule has 1 fully saturated rings. The fourth-order valence-electron chi connectivity index (χ4n) is 2.62. The Morgan fingerprint density at radius 2 is 1.72 bits per heavy atom. The summed E-state index contributed by atoms with van der Waals surface area (Å²) in [7, 11) is 1.57. The van der Waals surface area contributed by atoms with Crippen LogP contribution in [0, 0.1) is 0 Å². The smallest absolute Gasteiger partial charge is 0.255 e. The molecule has 1 saturated heterocycles. The molecule has 0 saturated carbocycles. The van der Waals surface area contributed by atoms with Crippen molar-refractivity contribution in [2.75, 3.05) is 38.7 Å². The van der Waals surface area contributed by atoms with E-state index in [4.69, 9.17) is 9.47 Å². The molecule has 1 N–H and O–H groups in total. The highest BCUT2D eigenvalue weighted by molar-refractivity contribution is 6.05. The van der Waals surface area contributed by atoms with Crippen LogP contribution in [0.15, 0.2) is 48.5 Å². The summed E-state index contributed by atoms with van der Waals surface area (Å²) < 4.78 is 10.4. The average Bonchev–Trinajstić information content (AvgIpc) is 2.68. The van der Waals surface area contributed by atoms with E-state index < -0.39 is 0 Å². The number of morpholine rings is 1. The van der Waals surface area contributed by atoms with Gasteiger partial charge in [-0.3, -0.25) is 9.59 Å². The molecule has 6 heteroatoms. The molecule has 1 heterocycles. The number of ether oxygens (including phenoxy) is 2. The Balaban J connectivity index is 1.66. The van der Waals surface area contributed by atoms with E-state index in [2.05, 4.69) is 5.32 Å². The lowest BCUT2D eigenvalue weighted by molar-refractivity contribution is 0.0303. The molecule has 0 unspecified atom stereocenters. The van der Waals surface area contributed by atoms with Gasteiger partial charge in [-0.1, -0.05) is 6.07 Å². The van der Waals surface area contributed by atoms with Gasteiger partial charge in [0, 0.05) is 36.0 Å². The van der Waals surface area contributed by atoms with Crippen molar-refractivity contribution in [2.24, 2.45) is 0 Å². The van der Waals surface area contributed by atoms with Gasteiger partial charge in [0.2, 0.25) is 0 Å². The van der Waals surface area contributed by atoms with Gasteiger partial charge >= 0.3 is 0 Å². The molecule has 0 aromatic heterocycles. The molecule has 2 amide bonds. The van der Waals surface area contributed by atoms with Crippen LogP contribution < -0.4 is 10.1 Å². The molecule has 3 rings (SSSR count). The Kier molecular flexibility index (Phi) is 5.30. The first kappa shape index (κ1) is 17.0. The van der Waals surface area contributed by atoms with E-state index in [0.29, 0.717) is 48.9 Å². The molecule has 25 heavy (non-hydrogen) atoms. The molecular formula is C19H20N2O4. The fourth-order valence-corrected chi connectivity index (χ4v) is 2.62. The topological polar surface area (TPSA) is 67.9 Å². The van der Waals surface area contributed by atoms with Crippen molar-refractivity contribution in [1.82, 2.24) is 4.90 Å². The molecular weight excluding hydrogens is 320 g/mol. The Hall–Kier alpha value is -2.86. The van der Waals surface area contributed by atoms with Crippen molar-refractivity contribution in [3.8, 4) is 5.75 Å². The van der Waals surface area contributed by atoms with E-state index in [-0.39, 0.29) is 11.8 Å². The fraction of sp³-hybridized carbons (Fsp3) is 0.263. The zero-order chi connectivity index (χ0) is 17.6. The van der Waals surface area contributed by atoms with Crippen LogP contribution in [-0.2, 0) is 4.74 Å². The van der Waals surface area contributed by atoms with E-state index >= 15 is 0 Å². The van der Waals surface area contributed by atoms with Crippen molar-refractivity contribution >= 4 is 17.5 Å². The molecule has 1 aliphatic rings. The highest BCUT2D eigenvalue weighted by Crippen LogP contribution is 2.18. The highest BCUT2D eigenvalue weighted by Gasteiger charge is 2.18. The summed E-state index contributed by atoms with van der Waals surface area (Å²) in [5.74, 6) is 0.394. The first-order chi connectivity index (χ1) is 12.2. The second-order valence-corrected chi connectivity index (χ2v) is 5.67. The Bertz CT molecular complexity index is 752. The van der Waals surface area contributed by atoms with Crippen LogP contribution >= 0.6 is 0 Å². The maximum Gasteiger partial charge on any atom is 0.255 e. The number of rotatable bonds is 4. The van der Waals surface area contributed by atoms with Crippen molar-refractivity contribution < 1.29 is 19.1 Å². The van der Waals surface area contributed by atoms with E-state index in [0.717, 1.165) is 0 Å². The molecule has 6 nitrogen and oxygen atoms in total. The summed E-state index contributed by atoms with van der Waals surface area (Å²) in [6.07, 6.45) is 0. The molecule has 130 valence electrons.